The molecule has 0 bridgehead atoms. The van der Waals surface area contributed by atoms with Crippen LogP contribution in [0.15, 0.2) is 53.2 Å². The summed E-state index contributed by atoms with van der Waals surface area (Å²) in [6, 6.07) is 12.9. The molecule has 0 saturated carbocycles. The molecule has 0 spiro atoms. The molecule has 0 aliphatic heterocycles. The minimum atomic E-state index is -0.395. The lowest BCUT2D eigenvalue weighted by Gasteiger charge is -2.07. The van der Waals surface area contributed by atoms with E-state index in [-0.39, 0.29) is 18.9 Å². The van der Waals surface area contributed by atoms with Gasteiger partial charge >= 0.3 is 5.97 Å². The summed E-state index contributed by atoms with van der Waals surface area (Å²) >= 11 is 1.45. The van der Waals surface area contributed by atoms with Gasteiger partial charge in [-0.1, -0.05) is 12.1 Å². The number of methoxy groups -OCH3 is 1. The van der Waals surface area contributed by atoms with Gasteiger partial charge in [0.2, 0.25) is 0 Å². The fourth-order valence-corrected chi connectivity index (χ4v) is 2.99. The second-order valence-corrected chi connectivity index (χ2v) is 6.15. The first-order valence-corrected chi connectivity index (χ1v) is 8.69. The maximum Gasteiger partial charge on any atom is 0.312 e. The largest absolute Gasteiger partial charge is 0.497 e. The molecular formula is C19H17NO4S. The summed E-state index contributed by atoms with van der Waals surface area (Å²) in [5.74, 6) is 0.627. The molecule has 2 aromatic carbocycles. The maximum atomic E-state index is 11.9. The molecule has 1 amide bonds. The van der Waals surface area contributed by atoms with Gasteiger partial charge in [0.1, 0.15) is 11.5 Å². The number of fused-ring (bicyclic) bond motifs is 1. The van der Waals surface area contributed by atoms with Crippen LogP contribution in [0.4, 0.5) is 0 Å². The van der Waals surface area contributed by atoms with Crippen LogP contribution in [0.1, 0.15) is 16.8 Å². The van der Waals surface area contributed by atoms with Crippen LogP contribution in [0.2, 0.25) is 0 Å². The second-order valence-electron chi connectivity index (χ2n) is 5.37. The number of thiophene rings is 1. The zero-order valence-corrected chi connectivity index (χ0v) is 14.5. The van der Waals surface area contributed by atoms with E-state index in [1.54, 1.807) is 30.7 Å². The Morgan fingerprint density at radius 2 is 1.80 bits per heavy atom. The molecule has 5 nitrogen and oxygen atoms in total. The Bertz CT molecular complexity index is 890. The number of rotatable bonds is 6. The third kappa shape index (κ3) is 4.36. The average Bonchev–Trinajstić information content (AvgIpc) is 3.15. The Morgan fingerprint density at radius 3 is 2.52 bits per heavy atom. The molecule has 6 heteroatoms. The van der Waals surface area contributed by atoms with Crippen molar-refractivity contribution in [1.82, 2.24) is 5.32 Å². The minimum absolute atomic E-state index is 0.103. The van der Waals surface area contributed by atoms with E-state index in [1.807, 2.05) is 29.6 Å². The fraction of sp³-hybridized carbons (Fsp3) is 0.158. The highest BCUT2D eigenvalue weighted by Gasteiger charge is 2.09. The SMILES string of the molecule is COc1ccc2ccc(OC(=O)CCNC(=O)c3ccsc3)cc2c1. The van der Waals surface area contributed by atoms with Crippen LogP contribution in [0.25, 0.3) is 10.8 Å². The molecule has 0 unspecified atom stereocenters. The molecular weight excluding hydrogens is 338 g/mol. The van der Waals surface area contributed by atoms with Gasteiger partial charge in [0.25, 0.3) is 5.91 Å². The van der Waals surface area contributed by atoms with Gasteiger partial charge in [-0.2, -0.15) is 11.3 Å². The van der Waals surface area contributed by atoms with Crippen molar-refractivity contribution in [3.63, 3.8) is 0 Å². The molecule has 0 radical (unpaired) electrons. The van der Waals surface area contributed by atoms with Gasteiger partial charge in [-0.05, 0) is 46.5 Å². The summed E-state index contributed by atoms with van der Waals surface area (Å²) in [5.41, 5.74) is 0.599. The summed E-state index contributed by atoms with van der Waals surface area (Å²) in [5, 5.41) is 8.25. The van der Waals surface area contributed by atoms with Crippen LogP contribution in [0.3, 0.4) is 0 Å². The van der Waals surface area contributed by atoms with E-state index in [9.17, 15) is 9.59 Å². The maximum absolute atomic E-state index is 11.9. The molecule has 0 saturated heterocycles. The van der Waals surface area contributed by atoms with E-state index >= 15 is 0 Å². The summed E-state index contributed by atoms with van der Waals surface area (Å²) < 4.78 is 10.5. The third-order valence-electron chi connectivity index (χ3n) is 3.65. The van der Waals surface area contributed by atoms with Crippen molar-refractivity contribution >= 4 is 34.0 Å². The van der Waals surface area contributed by atoms with E-state index in [0.717, 1.165) is 16.5 Å². The molecule has 0 aliphatic rings. The highest BCUT2D eigenvalue weighted by atomic mass is 32.1. The first-order chi connectivity index (χ1) is 12.2. The van der Waals surface area contributed by atoms with Crippen molar-refractivity contribution in [2.24, 2.45) is 0 Å². The highest BCUT2D eigenvalue weighted by molar-refractivity contribution is 7.08. The monoisotopic (exact) mass is 355 g/mol. The predicted molar refractivity (Wildman–Crippen MR) is 97.4 cm³/mol. The van der Waals surface area contributed by atoms with Crippen molar-refractivity contribution in [1.29, 1.82) is 0 Å². The van der Waals surface area contributed by atoms with Crippen LogP contribution in [0, 0.1) is 0 Å². The molecule has 128 valence electrons. The lowest BCUT2D eigenvalue weighted by atomic mass is 10.1. The molecule has 1 N–H and O–H groups in total. The van der Waals surface area contributed by atoms with Crippen LogP contribution in [-0.4, -0.2) is 25.5 Å². The number of hydrogen-bond acceptors (Lipinski definition) is 5. The van der Waals surface area contributed by atoms with Crippen molar-refractivity contribution in [3.05, 3.63) is 58.8 Å². The number of nitrogens with one attached hydrogen (secondary N) is 1. The number of esters is 1. The minimum Gasteiger partial charge on any atom is -0.497 e. The lowest BCUT2D eigenvalue weighted by Crippen LogP contribution is -2.26. The van der Waals surface area contributed by atoms with Gasteiger partial charge < -0.3 is 14.8 Å². The third-order valence-corrected chi connectivity index (χ3v) is 4.33. The number of carbonyl (C=O) groups is 2. The predicted octanol–water partition coefficient (Wildman–Crippen LogP) is 3.64. The van der Waals surface area contributed by atoms with Crippen LogP contribution < -0.4 is 14.8 Å². The van der Waals surface area contributed by atoms with Crippen LogP contribution in [0.5, 0.6) is 11.5 Å². The zero-order valence-electron chi connectivity index (χ0n) is 13.7. The van der Waals surface area contributed by atoms with E-state index in [4.69, 9.17) is 9.47 Å². The number of amides is 1. The van der Waals surface area contributed by atoms with Gasteiger partial charge in [-0.15, -0.1) is 0 Å². The molecule has 0 aliphatic carbocycles. The number of benzene rings is 2. The molecule has 3 aromatic rings. The zero-order chi connectivity index (χ0) is 17.6. The Balaban J connectivity index is 1.55. The second kappa shape index (κ2) is 7.81. The summed E-state index contributed by atoms with van der Waals surface area (Å²) in [6.07, 6.45) is 0.103. The Hall–Kier alpha value is -2.86. The summed E-state index contributed by atoms with van der Waals surface area (Å²) in [4.78, 5) is 23.7. The molecule has 1 aromatic heterocycles. The average molecular weight is 355 g/mol. The van der Waals surface area contributed by atoms with Crippen LogP contribution >= 0.6 is 11.3 Å². The van der Waals surface area contributed by atoms with Crippen molar-refractivity contribution < 1.29 is 19.1 Å². The first kappa shape index (κ1) is 17.0. The standard InChI is InChI=1S/C19H17NO4S/c1-23-16-4-2-13-3-5-17(11-15(13)10-16)24-18(21)6-8-20-19(22)14-7-9-25-12-14/h2-5,7,9-12H,6,8H2,1H3,(H,20,22). The van der Waals surface area contributed by atoms with Gasteiger partial charge in [0.15, 0.2) is 0 Å². The summed E-state index contributed by atoms with van der Waals surface area (Å²) in [6.45, 7) is 0.231. The van der Waals surface area contributed by atoms with Crippen LogP contribution in [-0.2, 0) is 4.79 Å². The van der Waals surface area contributed by atoms with E-state index < -0.39 is 5.97 Å². The first-order valence-electron chi connectivity index (χ1n) is 7.74. The van der Waals surface area contributed by atoms with E-state index in [0.29, 0.717) is 11.3 Å². The normalized spacial score (nSPS) is 10.4. The molecule has 1 heterocycles. The topological polar surface area (TPSA) is 64.6 Å². The van der Waals surface area contributed by atoms with Gasteiger partial charge in [-0.25, -0.2) is 0 Å². The Kier molecular flexibility index (Phi) is 5.30. The fourth-order valence-electron chi connectivity index (χ4n) is 2.35. The quantitative estimate of drug-likeness (QED) is 0.542. The van der Waals surface area contributed by atoms with Gasteiger partial charge in [0.05, 0.1) is 13.5 Å². The van der Waals surface area contributed by atoms with Crippen molar-refractivity contribution in [2.45, 2.75) is 6.42 Å². The number of carbonyl (C=O) groups excluding carboxylic acids is 2. The molecule has 0 fully saturated rings. The Labute approximate surface area is 149 Å². The van der Waals surface area contributed by atoms with Crippen molar-refractivity contribution in [3.8, 4) is 11.5 Å². The molecule has 0 atom stereocenters. The van der Waals surface area contributed by atoms with E-state index in [1.165, 1.54) is 11.3 Å². The van der Waals surface area contributed by atoms with Crippen molar-refractivity contribution in [2.75, 3.05) is 13.7 Å². The number of ether oxygens (including phenoxy) is 2. The van der Waals surface area contributed by atoms with Gasteiger partial charge in [0, 0.05) is 17.5 Å². The molecule has 25 heavy (non-hydrogen) atoms. The van der Waals surface area contributed by atoms with Gasteiger partial charge in [-0.3, -0.25) is 9.59 Å². The van der Waals surface area contributed by atoms with E-state index in [2.05, 4.69) is 5.32 Å². The molecule has 3 rings (SSSR count). The lowest BCUT2D eigenvalue weighted by molar-refractivity contribution is -0.134. The number of hydrogen-bond donors (Lipinski definition) is 1. The smallest absolute Gasteiger partial charge is 0.312 e. The highest BCUT2D eigenvalue weighted by Crippen LogP contribution is 2.25. The summed E-state index contributed by atoms with van der Waals surface area (Å²) in [7, 11) is 1.61. The Morgan fingerprint density at radius 1 is 1.04 bits per heavy atom.